The molecule has 9 heteroatoms. The van der Waals surface area contributed by atoms with Gasteiger partial charge in [-0.3, -0.25) is 4.79 Å². The summed E-state index contributed by atoms with van der Waals surface area (Å²) in [4.78, 5) is 12.2. The number of carbonyl (C=O) groups excluding carboxylic acids is 1. The summed E-state index contributed by atoms with van der Waals surface area (Å²) in [6.45, 7) is 0. The third-order valence-electron chi connectivity index (χ3n) is 3.46. The van der Waals surface area contributed by atoms with Gasteiger partial charge in [0.25, 0.3) is 0 Å². The Morgan fingerprint density at radius 3 is 2.67 bits per heavy atom. The van der Waals surface area contributed by atoms with Crippen molar-refractivity contribution in [2.24, 2.45) is 0 Å². The van der Waals surface area contributed by atoms with Crippen LogP contribution in [0.2, 0.25) is 10.0 Å². The maximum absolute atomic E-state index is 12.2. The van der Waals surface area contributed by atoms with E-state index in [1.54, 1.807) is 30.3 Å². The second-order valence-electron chi connectivity index (χ2n) is 5.43. The lowest BCUT2D eigenvalue weighted by Gasteiger charge is -2.04. The van der Waals surface area contributed by atoms with Gasteiger partial charge in [0.05, 0.1) is 18.1 Å². The normalized spacial score (nSPS) is 10.4. The number of amides is 1. The highest BCUT2D eigenvalue weighted by atomic mass is 35.5. The molecule has 0 bridgehead atoms. The summed E-state index contributed by atoms with van der Waals surface area (Å²) >= 11 is 14.8. The second-order valence-corrected chi connectivity index (χ2v) is 8.47. The zero-order valence-corrected chi connectivity index (χ0v) is 16.9. The van der Waals surface area contributed by atoms with E-state index in [0.717, 1.165) is 9.90 Å². The fourth-order valence-corrected chi connectivity index (χ4v) is 4.34. The van der Waals surface area contributed by atoms with Gasteiger partial charge in [-0.1, -0.05) is 64.5 Å². The molecule has 5 nitrogen and oxygen atoms in total. The molecule has 0 aliphatic carbocycles. The van der Waals surface area contributed by atoms with Crippen LogP contribution in [0.15, 0.2) is 46.8 Å². The van der Waals surface area contributed by atoms with Gasteiger partial charge in [0.15, 0.2) is 4.34 Å². The molecule has 27 heavy (non-hydrogen) atoms. The number of nitrogens with zero attached hydrogens (tertiary/aromatic N) is 3. The molecule has 0 unspecified atom stereocenters. The summed E-state index contributed by atoms with van der Waals surface area (Å²) in [5.74, 6) is 0.480. The number of rotatable bonds is 6. The largest absolute Gasteiger partial charge is 0.300 e. The first kappa shape index (κ1) is 19.6. The van der Waals surface area contributed by atoms with Gasteiger partial charge in [-0.05, 0) is 35.4 Å². The van der Waals surface area contributed by atoms with E-state index < -0.39 is 0 Å². The van der Waals surface area contributed by atoms with E-state index >= 15 is 0 Å². The van der Waals surface area contributed by atoms with Crippen LogP contribution in [0, 0.1) is 11.3 Å². The minimum atomic E-state index is -0.223. The van der Waals surface area contributed by atoms with Crippen LogP contribution in [0.1, 0.15) is 16.7 Å². The van der Waals surface area contributed by atoms with E-state index in [1.165, 1.54) is 23.1 Å². The standard InChI is InChI=1S/C18H12Cl2N4OS2/c19-14-6-5-13(15(20)8-14)7-16(25)22-17-23-24-18(27-17)26-10-12-3-1-11(9-21)2-4-12/h1-6,8H,7,10H2,(H,22,23,25). The van der Waals surface area contributed by atoms with E-state index in [2.05, 4.69) is 21.6 Å². The Morgan fingerprint density at radius 1 is 1.19 bits per heavy atom. The summed E-state index contributed by atoms with van der Waals surface area (Å²) < 4.78 is 0.749. The van der Waals surface area contributed by atoms with Crippen molar-refractivity contribution in [1.29, 1.82) is 5.26 Å². The lowest BCUT2D eigenvalue weighted by atomic mass is 10.1. The van der Waals surface area contributed by atoms with Crippen molar-refractivity contribution in [1.82, 2.24) is 10.2 Å². The molecule has 3 rings (SSSR count). The van der Waals surface area contributed by atoms with Crippen molar-refractivity contribution in [3.63, 3.8) is 0 Å². The third kappa shape index (κ3) is 5.68. The van der Waals surface area contributed by atoms with E-state index in [4.69, 9.17) is 28.5 Å². The Bertz CT molecular complexity index is 999. The van der Waals surface area contributed by atoms with Gasteiger partial charge in [-0.25, -0.2) is 0 Å². The SMILES string of the molecule is N#Cc1ccc(CSc2nnc(NC(=O)Cc3ccc(Cl)cc3Cl)s2)cc1. The van der Waals surface area contributed by atoms with Gasteiger partial charge >= 0.3 is 0 Å². The van der Waals surface area contributed by atoms with Crippen molar-refractivity contribution in [3.05, 3.63) is 69.2 Å². The molecule has 2 aromatic carbocycles. The summed E-state index contributed by atoms with van der Waals surface area (Å²) in [5.41, 5.74) is 2.40. The van der Waals surface area contributed by atoms with Gasteiger partial charge in [0.1, 0.15) is 0 Å². The van der Waals surface area contributed by atoms with E-state index in [9.17, 15) is 4.79 Å². The fraction of sp³-hybridized carbons (Fsp3) is 0.111. The molecule has 1 heterocycles. The molecule has 0 aliphatic heterocycles. The number of nitriles is 1. The number of hydrogen-bond acceptors (Lipinski definition) is 6. The Hall–Kier alpha value is -2.11. The van der Waals surface area contributed by atoms with Crippen LogP contribution < -0.4 is 5.32 Å². The Kier molecular flexibility index (Phi) is 6.69. The van der Waals surface area contributed by atoms with E-state index in [0.29, 0.717) is 32.1 Å². The highest BCUT2D eigenvalue weighted by Crippen LogP contribution is 2.28. The summed E-state index contributed by atoms with van der Waals surface area (Å²) in [7, 11) is 0. The maximum atomic E-state index is 12.2. The smallest absolute Gasteiger partial charge is 0.230 e. The van der Waals surface area contributed by atoms with E-state index in [1.807, 2.05) is 12.1 Å². The number of benzene rings is 2. The minimum Gasteiger partial charge on any atom is -0.300 e. The molecular formula is C18H12Cl2N4OS2. The first-order chi connectivity index (χ1) is 13.0. The van der Waals surface area contributed by atoms with Gasteiger partial charge in [0.2, 0.25) is 11.0 Å². The lowest BCUT2D eigenvalue weighted by molar-refractivity contribution is -0.115. The number of anilines is 1. The zero-order chi connectivity index (χ0) is 19.2. The second kappa shape index (κ2) is 9.20. The topological polar surface area (TPSA) is 78.7 Å². The quantitative estimate of drug-likeness (QED) is 0.426. The number of hydrogen-bond donors (Lipinski definition) is 1. The Labute approximate surface area is 174 Å². The molecule has 0 fully saturated rings. The van der Waals surface area contributed by atoms with Crippen molar-refractivity contribution in [2.45, 2.75) is 16.5 Å². The molecule has 0 radical (unpaired) electrons. The summed E-state index contributed by atoms with van der Waals surface area (Å²) in [5, 5.41) is 21.0. The van der Waals surface area contributed by atoms with Crippen LogP contribution in [0.4, 0.5) is 5.13 Å². The number of aromatic nitrogens is 2. The van der Waals surface area contributed by atoms with Gasteiger partial charge in [0, 0.05) is 15.8 Å². The fourth-order valence-electron chi connectivity index (χ4n) is 2.14. The average Bonchev–Trinajstić information content (AvgIpc) is 3.10. The molecule has 1 amide bonds. The Morgan fingerprint density at radius 2 is 1.96 bits per heavy atom. The third-order valence-corrected chi connectivity index (χ3v) is 6.09. The Balaban J connectivity index is 1.53. The first-order valence-electron chi connectivity index (χ1n) is 7.72. The van der Waals surface area contributed by atoms with Crippen LogP contribution in [0.5, 0.6) is 0 Å². The highest BCUT2D eigenvalue weighted by Gasteiger charge is 2.11. The molecule has 0 spiro atoms. The van der Waals surface area contributed by atoms with Gasteiger partial charge < -0.3 is 5.32 Å². The molecule has 0 saturated carbocycles. The molecule has 1 N–H and O–H groups in total. The van der Waals surface area contributed by atoms with Gasteiger partial charge in [-0.15, -0.1) is 10.2 Å². The van der Waals surface area contributed by atoms with Crippen LogP contribution in [0.3, 0.4) is 0 Å². The zero-order valence-electron chi connectivity index (χ0n) is 13.8. The minimum absolute atomic E-state index is 0.128. The van der Waals surface area contributed by atoms with Crippen molar-refractivity contribution < 1.29 is 4.79 Å². The van der Waals surface area contributed by atoms with Crippen LogP contribution in [-0.4, -0.2) is 16.1 Å². The molecular weight excluding hydrogens is 423 g/mol. The highest BCUT2D eigenvalue weighted by molar-refractivity contribution is 8.00. The van der Waals surface area contributed by atoms with Crippen LogP contribution in [-0.2, 0) is 17.0 Å². The van der Waals surface area contributed by atoms with Crippen molar-refractivity contribution in [3.8, 4) is 6.07 Å². The van der Waals surface area contributed by atoms with Crippen molar-refractivity contribution >= 4 is 57.3 Å². The number of halogens is 2. The average molecular weight is 435 g/mol. The van der Waals surface area contributed by atoms with Crippen LogP contribution >= 0.6 is 46.3 Å². The molecule has 0 saturated heterocycles. The number of nitrogens with one attached hydrogen (secondary N) is 1. The predicted octanol–water partition coefficient (Wildman–Crippen LogP) is 5.19. The van der Waals surface area contributed by atoms with Crippen molar-refractivity contribution in [2.75, 3.05) is 5.32 Å². The first-order valence-corrected chi connectivity index (χ1v) is 10.3. The number of carbonyl (C=O) groups is 1. The molecule has 0 atom stereocenters. The summed E-state index contributed by atoms with van der Waals surface area (Å²) in [6, 6.07) is 14.5. The monoisotopic (exact) mass is 434 g/mol. The lowest BCUT2D eigenvalue weighted by Crippen LogP contribution is -2.14. The molecule has 1 aromatic heterocycles. The van der Waals surface area contributed by atoms with Gasteiger partial charge in [-0.2, -0.15) is 5.26 Å². The maximum Gasteiger partial charge on any atom is 0.230 e. The molecule has 136 valence electrons. The van der Waals surface area contributed by atoms with Crippen LogP contribution in [0.25, 0.3) is 0 Å². The summed E-state index contributed by atoms with van der Waals surface area (Å²) in [6.07, 6.45) is 0.128. The molecule has 0 aliphatic rings. The number of thioether (sulfide) groups is 1. The molecule has 3 aromatic rings. The predicted molar refractivity (Wildman–Crippen MR) is 109 cm³/mol. The van der Waals surface area contributed by atoms with E-state index in [-0.39, 0.29) is 12.3 Å².